The van der Waals surface area contributed by atoms with Crippen LogP contribution in [0.2, 0.25) is 5.02 Å². The Morgan fingerprint density at radius 3 is 2.65 bits per heavy atom. The van der Waals surface area contributed by atoms with Crippen molar-refractivity contribution in [3.63, 3.8) is 0 Å². The summed E-state index contributed by atoms with van der Waals surface area (Å²) in [6, 6.07) is 5.51. The van der Waals surface area contributed by atoms with Gasteiger partial charge in [-0.1, -0.05) is 23.7 Å². The highest BCUT2D eigenvalue weighted by molar-refractivity contribution is 7.70. The van der Waals surface area contributed by atoms with E-state index in [1.807, 2.05) is 6.92 Å². The smallest absolute Gasteiger partial charge is 0.270 e. The maximum Gasteiger partial charge on any atom is 0.270 e. The van der Waals surface area contributed by atoms with Gasteiger partial charge in [0.15, 0.2) is 5.52 Å². The lowest BCUT2D eigenvalue weighted by Crippen LogP contribution is -2.24. The van der Waals surface area contributed by atoms with Crippen LogP contribution in [0.25, 0.3) is 11.0 Å². The SMILES string of the molecule is Cc1ncc(CNC(=O)c2ccc(C(N[SH](=O)=O)c3ccc(Cl)c4nonc34)cn2)s1. The molecule has 0 bridgehead atoms. The Morgan fingerprint density at radius 1 is 1.16 bits per heavy atom. The molecule has 0 saturated carbocycles. The van der Waals surface area contributed by atoms with Gasteiger partial charge in [-0.15, -0.1) is 11.3 Å². The van der Waals surface area contributed by atoms with E-state index in [0.717, 1.165) is 9.88 Å². The maximum absolute atomic E-state index is 12.4. The predicted octanol–water partition coefficient (Wildman–Crippen LogP) is 2.17. The minimum absolute atomic E-state index is 0.194. The number of hydrogen-bond donors (Lipinski definition) is 3. The Hall–Kier alpha value is -2.93. The van der Waals surface area contributed by atoms with E-state index in [1.165, 1.54) is 23.6 Å². The van der Waals surface area contributed by atoms with Gasteiger partial charge in [0.2, 0.25) is 10.9 Å². The summed E-state index contributed by atoms with van der Waals surface area (Å²) in [5, 5.41) is 11.6. The summed E-state index contributed by atoms with van der Waals surface area (Å²) in [5.41, 5.74) is 1.82. The lowest BCUT2D eigenvalue weighted by atomic mass is 9.99. The number of benzene rings is 1. The number of rotatable bonds is 7. The van der Waals surface area contributed by atoms with Gasteiger partial charge >= 0.3 is 0 Å². The highest BCUT2D eigenvalue weighted by atomic mass is 35.5. The molecule has 0 spiro atoms. The molecule has 2 N–H and O–H groups in total. The van der Waals surface area contributed by atoms with Gasteiger partial charge in [-0.3, -0.25) is 9.78 Å². The normalized spacial score (nSPS) is 12.4. The molecule has 31 heavy (non-hydrogen) atoms. The molecule has 0 fully saturated rings. The second-order valence-electron chi connectivity index (χ2n) is 6.42. The van der Waals surface area contributed by atoms with Crippen molar-refractivity contribution < 1.29 is 17.8 Å². The number of thiazole rings is 1. The van der Waals surface area contributed by atoms with Gasteiger partial charge in [0.25, 0.3) is 5.91 Å². The van der Waals surface area contributed by atoms with Crippen LogP contribution >= 0.6 is 22.9 Å². The average Bonchev–Trinajstić information content (AvgIpc) is 3.41. The zero-order chi connectivity index (χ0) is 22.0. The van der Waals surface area contributed by atoms with E-state index >= 15 is 0 Å². The number of aromatic nitrogens is 4. The molecule has 0 radical (unpaired) electrons. The van der Waals surface area contributed by atoms with Crippen molar-refractivity contribution in [3.8, 4) is 0 Å². The number of pyridine rings is 1. The summed E-state index contributed by atoms with van der Waals surface area (Å²) in [6.45, 7) is 2.23. The number of carbonyl (C=O) groups is 1. The molecule has 0 aliphatic carbocycles. The fourth-order valence-corrected chi connectivity index (χ4v) is 4.39. The first-order chi connectivity index (χ1) is 14.9. The molecule has 1 atom stereocenters. The Labute approximate surface area is 186 Å². The van der Waals surface area contributed by atoms with Crippen LogP contribution in [0.5, 0.6) is 0 Å². The molecule has 3 heterocycles. The number of hydrogen-bond acceptors (Lipinski definition) is 9. The van der Waals surface area contributed by atoms with Crippen molar-refractivity contribution in [2.75, 3.05) is 0 Å². The van der Waals surface area contributed by atoms with Crippen LogP contribution in [0, 0.1) is 6.92 Å². The quantitative estimate of drug-likeness (QED) is 0.343. The number of nitrogens with zero attached hydrogens (tertiary/aromatic N) is 4. The van der Waals surface area contributed by atoms with Crippen LogP contribution in [0.15, 0.2) is 41.3 Å². The lowest BCUT2D eigenvalue weighted by molar-refractivity contribution is 0.0946. The van der Waals surface area contributed by atoms with Crippen molar-refractivity contribution in [3.05, 3.63) is 68.4 Å². The van der Waals surface area contributed by atoms with Gasteiger partial charge in [-0.25, -0.2) is 22.8 Å². The van der Waals surface area contributed by atoms with Crippen LogP contribution in [0.4, 0.5) is 0 Å². The molecule has 4 aromatic rings. The van der Waals surface area contributed by atoms with Crippen LogP contribution < -0.4 is 10.0 Å². The first-order valence-electron chi connectivity index (χ1n) is 8.89. The number of halogens is 1. The third kappa shape index (κ3) is 4.71. The van der Waals surface area contributed by atoms with E-state index in [-0.39, 0.29) is 11.6 Å². The molecule has 160 valence electrons. The number of fused-ring (bicyclic) bond motifs is 1. The Kier molecular flexibility index (Phi) is 6.23. The van der Waals surface area contributed by atoms with E-state index in [2.05, 4.69) is 30.3 Å². The van der Waals surface area contributed by atoms with Crippen LogP contribution in [0.1, 0.15) is 37.5 Å². The van der Waals surface area contributed by atoms with Gasteiger partial charge in [-0.2, -0.15) is 0 Å². The zero-order valence-electron chi connectivity index (χ0n) is 15.9. The van der Waals surface area contributed by atoms with Crippen molar-refractivity contribution in [2.45, 2.75) is 19.5 Å². The van der Waals surface area contributed by atoms with Gasteiger partial charge in [0.1, 0.15) is 11.2 Å². The van der Waals surface area contributed by atoms with E-state index in [0.29, 0.717) is 33.7 Å². The van der Waals surface area contributed by atoms with Gasteiger partial charge in [0, 0.05) is 22.8 Å². The molecule has 13 heteroatoms. The molecule has 10 nitrogen and oxygen atoms in total. The third-order valence-electron chi connectivity index (χ3n) is 4.39. The standard InChI is InChI=1S/C18H15ClN6O4S2/c1-9-20-7-11(30-9)8-22-18(26)14-5-2-10(6-21-14)15(25-31(27)28)12-3-4-13(19)17-16(12)23-29-24-17/h2-7,15,31H,8H2,1H3,(H,22,26)(H,25,27,28). The molecule has 1 amide bonds. The van der Waals surface area contributed by atoms with E-state index in [9.17, 15) is 13.2 Å². The summed E-state index contributed by atoms with van der Waals surface area (Å²) in [7, 11) is -2.96. The molecule has 0 aliphatic rings. The number of carbonyl (C=O) groups excluding carboxylic acids is 1. The molecule has 4 rings (SSSR count). The zero-order valence-corrected chi connectivity index (χ0v) is 18.4. The number of amides is 1. The largest absolute Gasteiger partial charge is 0.346 e. The monoisotopic (exact) mass is 478 g/mol. The second-order valence-corrected chi connectivity index (χ2v) is 8.92. The fourth-order valence-electron chi connectivity index (χ4n) is 2.97. The summed E-state index contributed by atoms with van der Waals surface area (Å²) in [5.74, 6) is -0.355. The van der Waals surface area contributed by atoms with E-state index in [1.54, 1.807) is 24.4 Å². The summed E-state index contributed by atoms with van der Waals surface area (Å²) in [4.78, 5) is 21.6. The topological polar surface area (TPSA) is 140 Å². The molecule has 1 aromatic carbocycles. The molecular weight excluding hydrogens is 464 g/mol. The van der Waals surface area contributed by atoms with Crippen LogP contribution in [-0.2, 0) is 17.4 Å². The van der Waals surface area contributed by atoms with Crippen LogP contribution in [0.3, 0.4) is 0 Å². The van der Waals surface area contributed by atoms with Gasteiger partial charge in [-0.05, 0) is 34.9 Å². The van der Waals surface area contributed by atoms with E-state index in [4.69, 9.17) is 16.2 Å². The minimum Gasteiger partial charge on any atom is -0.346 e. The maximum atomic E-state index is 12.4. The van der Waals surface area contributed by atoms with E-state index < -0.39 is 16.9 Å². The number of thiol groups is 1. The molecule has 3 aromatic heterocycles. The predicted molar refractivity (Wildman–Crippen MR) is 114 cm³/mol. The summed E-state index contributed by atoms with van der Waals surface area (Å²) in [6.07, 6.45) is 3.14. The highest BCUT2D eigenvalue weighted by Gasteiger charge is 2.22. The van der Waals surface area contributed by atoms with Gasteiger partial charge in [0.05, 0.1) is 22.6 Å². The average molecular weight is 479 g/mol. The van der Waals surface area contributed by atoms with Crippen molar-refractivity contribution in [1.29, 1.82) is 0 Å². The summed E-state index contributed by atoms with van der Waals surface area (Å²) >= 11 is 7.59. The Morgan fingerprint density at radius 2 is 1.97 bits per heavy atom. The lowest BCUT2D eigenvalue weighted by Gasteiger charge is -2.16. The minimum atomic E-state index is -2.96. The number of aryl methyl sites for hydroxylation is 1. The second kappa shape index (κ2) is 9.06. The third-order valence-corrected chi connectivity index (χ3v) is 6.07. The highest BCUT2D eigenvalue weighted by Crippen LogP contribution is 2.31. The molecule has 1 unspecified atom stereocenters. The first-order valence-corrected chi connectivity index (χ1v) is 11.3. The molecule has 0 aliphatic heterocycles. The Balaban J connectivity index is 1.59. The van der Waals surface area contributed by atoms with Crippen LogP contribution in [-0.4, -0.2) is 34.6 Å². The first kappa shape index (κ1) is 21.3. The van der Waals surface area contributed by atoms with Gasteiger partial charge < -0.3 is 5.32 Å². The number of nitrogens with one attached hydrogen (secondary N) is 2. The van der Waals surface area contributed by atoms with Crippen molar-refractivity contribution >= 4 is 50.8 Å². The van der Waals surface area contributed by atoms with Crippen molar-refractivity contribution in [2.24, 2.45) is 0 Å². The summed E-state index contributed by atoms with van der Waals surface area (Å²) < 4.78 is 30.1. The Bertz CT molecular complexity index is 1310. The fraction of sp³-hybridized carbons (Fsp3) is 0.167. The molecular formula is C18H15ClN6O4S2. The molecule has 0 saturated heterocycles. The van der Waals surface area contributed by atoms with Crippen molar-refractivity contribution in [1.82, 2.24) is 30.3 Å².